The van der Waals surface area contributed by atoms with Crippen molar-refractivity contribution < 1.29 is 4.74 Å². The first-order valence-electron chi connectivity index (χ1n) is 7.85. The van der Waals surface area contributed by atoms with Crippen LogP contribution in [0.5, 0.6) is 5.75 Å². The molecule has 0 saturated heterocycles. The molecule has 0 aliphatic carbocycles. The van der Waals surface area contributed by atoms with Gasteiger partial charge in [0.05, 0.1) is 12.8 Å². The maximum atomic E-state index is 6.43. The van der Waals surface area contributed by atoms with Crippen molar-refractivity contribution in [2.24, 2.45) is 0 Å². The number of rotatable bonds is 4. The van der Waals surface area contributed by atoms with Crippen molar-refractivity contribution in [2.45, 2.75) is 33.6 Å². The Morgan fingerprint density at radius 3 is 2.67 bits per heavy atom. The first kappa shape index (κ1) is 17.1. The Bertz CT molecular complexity index is 905. The van der Waals surface area contributed by atoms with Crippen molar-refractivity contribution in [2.75, 3.05) is 6.61 Å². The van der Waals surface area contributed by atoms with Gasteiger partial charge in [0.2, 0.25) is 0 Å². The van der Waals surface area contributed by atoms with Crippen LogP contribution in [-0.4, -0.2) is 21.0 Å². The van der Waals surface area contributed by atoms with Gasteiger partial charge in [0.1, 0.15) is 17.1 Å². The highest BCUT2D eigenvalue weighted by atomic mass is 35.5. The van der Waals surface area contributed by atoms with Crippen molar-refractivity contribution in [3.05, 3.63) is 57.3 Å². The molecule has 1 aromatic carbocycles. The summed E-state index contributed by atoms with van der Waals surface area (Å²) in [5.74, 6) is 1.74. The summed E-state index contributed by atoms with van der Waals surface area (Å²) in [7, 11) is 0. The molecule has 1 unspecified atom stereocenters. The number of ether oxygens (including phenoxy) is 1. The van der Waals surface area contributed by atoms with Crippen LogP contribution in [0, 0.1) is 13.8 Å². The van der Waals surface area contributed by atoms with Crippen LogP contribution < -0.4 is 4.74 Å². The summed E-state index contributed by atoms with van der Waals surface area (Å²) in [5, 5.41) is 1.17. The molecule has 4 nitrogen and oxygen atoms in total. The van der Waals surface area contributed by atoms with Crippen LogP contribution in [0.1, 0.15) is 42.3 Å². The average Bonchev–Trinajstić information content (AvgIpc) is 3.00. The third kappa shape index (κ3) is 2.74. The van der Waals surface area contributed by atoms with Gasteiger partial charge in [-0.1, -0.05) is 30.1 Å². The normalized spacial score (nSPS) is 12.6. The van der Waals surface area contributed by atoms with Crippen molar-refractivity contribution in [3.8, 4) is 5.75 Å². The fraction of sp³-hybridized carbons (Fsp3) is 0.333. The third-order valence-electron chi connectivity index (χ3n) is 4.39. The molecular formula is C18H19Cl2N3O. The lowest BCUT2D eigenvalue weighted by molar-refractivity contribution is 0.332. The SMILES string of the molecule is CCOc1c(C(C)c2ncc3c(Cl)nccn23)cc(Cl)c(C)c1C. The molecule has 0 spiro atoms. The minimum atomic E-state index is -0.00989. The molecule has 6 heteroatoms. The molecule has 0 amide bonds. The van der Waals surface area contributed by atoms with E-state index in [9.17, 15) is 0 Å². The number of halogens is 2. The molecule has 0 radical (unpaired) electrons. The molecule has 0 saturated carbocycles. The summed E-state index contributed by atoms with van der Waals surface area (Å²) in [6.07, 6.45) is 5.28. The fourth-order valence-electron chi connectivity index (χ4n) is 2.91. The van der Waals surface area contributed by atoms with Crippen LogP contribution in [0.25, 0.3) is 5.52 Å². The molecule has 0 N–H and O–H groups in total. The summed E-state index contributed by atoms with van der Waals surface area (Å²) in [6, 6.07) is 1.98. The summed E-state index contributed by atoms with van der Waals surface area (Å²) < 4.78 is 7.88. The zero-order chi connectivity index (χ0) is 17.4. The van der Waals surface area contributed by atoms with Crippen LogP contribution >= 0.6 is 23.2 Å². The van der Waals surface area contributed by atoms with E-state index in [1.807, 2.05) is 37.4 Å². The van der Waals surface area contributed by atoms with E-state index in [2.05, 4.69) is 16.9 Å². The molecule has 1 atom stereocenters. The van der Waals surface area contributed by atoms with E-state index in [-0.39, 0.29) is 5.92 Å². The van der Waals surface area contributed by atoms with Gasteiger partial charge in [-0.05, 0) is 38.0 Å². The number of imidazole rings is 1. The van der Waals surface area contributed by atoms with E-state index in [1.54, 1.807) is 12.4 Å². The Morgan fingerprint density at radius 1 is 1.21 bits per heavy atom. The number of hydrogen-bond acceptors (Lipinski definition) is 3. The Morgan fingerprint density at radius 2 is 1.96 bits per heavy atom. The second-order valence-electron chi connectivity index (χ2n) is 5.77. The average molecular weight is 364 g/mol. The number of fused-ring (bicyclic) bond motifs is 1. The van der Waals surface area contributed by atoms with Gasteiger partial charge in [0.15, 0.2) is 5.15 Å². The van der Waals surface area contributed by atoms with Gasteiger partial charge in [-0.15, -0.1) is 0 Å². The minimum Gasteiger partial charge on any atom is -0.493 e. The first-order valence-corrected chi connectivity index (χ1v) is 8.61. The van der Waals surface area contributed by atoms with Crippen LogP contribution in [0.2, 0.25) is 10.2 Å². The number of benzene rings is 1. The van der Waals surface area contributed by atoms with Crippen LogP contribution in [0.15, 0.2) is 24.7 Å². The number of hydrogen-bond donors (Lipinski definition) is 0. The lowest BCUT2D eigenvalue weighted by Crippen LogP contribution is -2.08. The van der Waals surface area contributed by atoms with Gasteiger partial charge in [-0.3, -0.25) is 4.40 Å². The van der Waals surface area contributed by atoms with Crippen LogP contribution in [-0.2, 0) is 0 Å². The quantitative estimate of drug-likeness (QED) is 0.639. The predicted molar refractivity (Wildman–Crippen MR) is 97.6 cm³/mol. The van der Waals surface area contributed by atoms with Gasteiger partial charge in [-0.25, -0.2) is 9.97 Å². The van der Waals surface area contributed by atoms with E-state index in [0.717, 1.165) is 38.8 Å². The molecule has 0 bridgehead atoms. The Labute approximate surface area is 151 Å². The first-order chi connectivity index (χ1) is 11.5. The second-order valence-corrected chi connectivity index (χ2v) is 6.54. The van der Waals surface area contributed by atoms with Gasteiger partial charge >= 0.3 is 0 Å². The zero-order valence-corrected chi connectivity index (χ0v) is 15.6. The monoisotopic (exact) mass is 363 g/mol. The molecule has 126 valence electrons. The Kier molecular flexibility index (Phi) is 4.70. The lowest BCUT2D eigenvalue weighted by atomic mass is 9.94. The lowest BCUT2D eigenvalue weighted by Gasteiger charge is -2.20. The Hall–Kier alpha value is -1.78. The smallest absolute Gasteiger partial charge is 0.154 e. The molecule has 2 aromatic heterocycles. The fourth-order valence-corrected chi connectivity index (χ4v) is 3.36. The summed E-state index contributed by atoms with van der Waals surface area (Å²) >= 11 is 12.6. The van der Waals surface area contributed by atoms with Gasteiger partial charge < -0.3 is 4.74 Å². The largest absolute Gasteiger partial charge is 0.493 e. The van der Waals surface area contributed by atoms with E-state index < -0.39 is 0 Å². The molecule has 3 rings (SSSR count). The molecule has 0 aliphatic rings. The Balaban J connectivity index is 2.19. The molecular weight excluding hydrogens is 345 g/mol. The minimum absolute atomic E-state index is 0.00989. The molecule has 24 heavy (non-hydrogen) atoms. The highest BCUT2D eigenvalue weighted by molar-refractivity contribution is 6.32. The number of aromatic nitrogens is 3. The van der Waals surface area contributed by atoms with Crippen molar-refractivity contribution in [3.63, 3.8) is 0 Å². The van der Waals surface area contributed by atoms with Crippen LogP contribution in [0.4, 0.5) is 0 Å². The van der Waals surface area contributed by atoms with E-state index in [1.165, 1.54) is 0 Å². The highest BCUT2D eigenvalue weighted by Crippen LogP contribution is 2.38. The summed E-state index contributed by atoms with van der Waals surface area (Å²) in [4.78, 5) is 8.65. The van der Waals surface area contributed by atoms with Gasteiger partial charge in [0, 0.05) is 28.9 Å². The van der Waals surface area contributed by atoms with Crippen molar-refractivity contribution in [1.82, 2.24) is 14.4 Å². The summed E-state index contributed by atoms with van der Waals surface area (Å²) in [5.41, 5.74) is 3.90. The topological polar surface area (TPSA) is 39.4 Å². The standard InChI is InChI=1S/C18H19Cl2N3O/c1-5-24-16-11(3)10(2)14(19)8-13(16)12(4)18-22-9-15-17(20)21-6-7-23(15)18/h6-9,12H,5H2,1-4H3. The van der Waals surface area contributed by atoms with Crippen LogP contribution in [0.3, 0.4) is 0 Å². The highest BCUT2D eigenvalue weighted by Gasteiger charge is 2.22. The number of nitrogens with zero attached hydrogens (tertiary/aromatic N) is 3. The maximum Gasteiger partial charge on any atom is 0.154 e. The van der Waals surface area contributed by atoms with Crippen molar-refractivity contribution >= 4 is 28.7 Å². The molecule has 0 fully saturated rings. The summed E-state index contributed by atoms with van der Waals surface area (Å²) in [6.45, 7) is 8.71. The van der Waals surface area contributed by atoms with Gasteiger partial charge in [0.25, 0.3) is 0 Å². The zero-order valence-electron chi connectivity index (χ0n) is 14.1. The molecule has 2 heterocycles. The van der Waals surface area contributed by atoms with Gasteiger partial charge in [-0.2, -0.15) is 0 Å². The third-order valence-corrected chi connectivity index (χ3v) is 5.07. The molecule has 0 aliphatic heterocycles. The van der Waals surface area contributed by atoms with E-state index in [0.29, 0.717) is 11.8 Å². The van der Waals surface area contributed by atoms with E-state index >= 15 is 0 Å². The van der Waals surface area contributed by atoms with E-state index in [4.69, 9.17) is 27.9 Å². The second kappa shape index (κ2) is 6.61. The van der Waals surface area contributed by atoms with Crippen molar-refractivity contribution in [1.29, 1.82) is 0 Å². The predicted octanol–water partition coefficient (Wildman–Crippen LogP) is 5.20. The molecule has 3 aromatic rings. The maximum absolute atomic E-state index is 6.43.